The first-order chi connectivity index (χ1) is 8.42. The Morgan fingerprint density at radius 3 is 2.28 bits per heavy atom. The molecule has 0 bridgehead atoms. The van der Waals surface area contributed by atoms with Crippen LogP contribution in [0.25, 0.3) is 0 Å². The van der Waals surface area contributed by atoms with Gasteiger partial charge < -0.3 is 10.4 Å². The molecule has 0 amide bonds. The molecule has 0 aromatic heterocycles. The minimum Gasteiger partial charge on any atom is -0.392 e. The second-order valence-corrected chi connectivity index (χ2v) is 6.20. The Balaban J connectivity index is 2.70. The molecule has 2 unspecified atom stereocenters. The third-order valence-corrected chi connectivity index (χ3v) is 3.09. The number of hydrogen-bond donors (Lipinski definition) is 2. The summed E-state index contributed by atoms with van der Waals surface area (Å²) in [5, 5.41) is 13.2. The fourth-order valence-corrected chi connectivity index (χ4v) is 2.03. The van der Waals surface area contributed by atoms with Crippen molar-refractivity contribution in [3.05, 3.63) is 35.9 Å². The lowest BCUT2D eigenvalue weighted by molar-refractivity contribution is 0.158. The zero-order valence-corrected chi connectivity index (χ0v) is 12.1. The first kappa shape index (κ1) is 15.2. The highest BCUT2D eigenvalue weighted by molar-refractivity contribution is 5.19. The average Bonchev–Trinajstić information content (AvgIpc) is 2.33. The van der Waals surface area contributed by atoms with Crippen molar-refractivity contribution in [2.45, 2.75) is 52.7 Å². The minimum atomic E-state index is -0.254. The summed E-state index contributed by atoms with van der Waals surface area (Å²) in [6.07, 6.45) is 1.61. The molecule has 0 saturated heterocycles. The second kappa shape index (κ2) is 6.91. The lowest BCUT2D eigenvalue weighted by Crippen LogP contribution is -2.32. The van der Waals surface area contributed by atoms with Crippen LogP contribution >= 0.6 is 0 Å². The van der Waals surface area contributed by atoms with Crippen LogP contribution in [0.2, 0.25) is 0 Å². The van der Waals surface area contributed by atoms with Crippen molar-refractivity contribution >= 4 is 0 Å². The van der Waals surface area contributed by atoms with Gasteiger partial charge in [0.15, 0.2) is 0 Å². The highest BCUT2D eigenvalue weighted by Crippen LogP contribution is 2.29. The standard InChI is InChI=1S/C16H27NO/c1-5-14(18)12-17-15(11-16(2,3)4)13-9-7-6-8-10-13/h6-10,14-15,17-18H,5,11-12H2,1-4H3. The fraction of sp³-hybridized carbons (Fsp3) is 0.625. The van der Waals surface area contributed by atoms with E-state index < -0.39 is 0 Å². The number of aliphatic hydroxyl groups is 1. The van der Waals surface area contributed by atoms with E-state index in [4.69, 9.17) is 0 Å². The first-order valence-electron chi connectivity index (χ1n) is 6.89. The second-order valence-electron chi connectivity index (χ2n) is 6.20. The van der Waals surface area contributed by atoms with E-state index in [1.54, 1.807) is 0 Å². The van der Waals surface area contributed by atoms with E-state index in [0.29, 0.717) is 12.6 Å². The van der Waals surface area contributed by atoms with Crippen molar-refractivity contribution in [3.63, 3.8) is 0 Å². The van der Waals surface area contributed by atoms with Crippen LogP contribution in [0, 0.1) is 5.41 Å². The monoisotopic (exact) mass is 249 g/mol. The van der Waals surface area contributed by atoms with Gasteiger partial charge in [0.25, 0.3) is 0 Å². The Kier molecular flexibility index (Phi) is 5.83. The van der Waals surface area contributed by atoms with E-state index in [2.05, 4.69) is 50.4 Å². The predicted molar refractivity (Wildman–Crippen MR) is 77.6 cm³/mol. The van der Waals surface area contributed by atoms with Crippen molar-refractivity contribution in [2.24, 2.45) is 5.41 Å². The van der Waals surface area contributed by atoms with Crippen LogP contribution in [0.15, 0.2) is 30.3 Å². The number of benzene rings is 1. The van der Waals surface area contributed by atoms with Crippen LogP contribution in [0.5, 0.6) is 0 Å². The van der Waals surface area contributed by atoms with Gasteiger partial charge in [-0.15, -0.1) is 0 Å². The summed E-state index contributed by atoms with van der Waals surface area (Å²) in [7, 11) is 0. The van der Waals surface area contributed by atoms with Crippen molar-refractivity contribution in [1.82, 2.24) is 5.32 Å². The molecule has 2 nitrogen and oxygen atoms in total. The zero-order valence-electron chi connectivity index (χ0n) is 12.1. The summed E-state index contributed by atoms with van der Waals surface area (Å²) in [4.78, 5) is 0. The van der Waals surface area contributed by atoms with Crippen LogP contribution in [0.4, 0.5) is 0 Å². The molecule has 0 radical (unpaired) electrons. The smallest absolute Gasteiger partial charge is 0.0662 e. The van der Waals surface area contributed by atoms with Gasteiger partial charge in [-0.3, -0.25) is 0 Å². The molecule has 0 saturated carbocycles. The average molecular weight is 249 g/mol. The lowest BCUT2D eigenvalue weighted by atomic mass is 9.85. The summed E-state index contributed by atoms with van der Waals surface area (Å²) in [6.45, 7) is 9.42. The number of aliphatic hydroxyl groups excluding tert-OH is 1. The van der Waals surface area contributed by atoms with Crippen molar-refractivity contribution < 1.29 is 5.11 Å². The molecule has 1 aromatic carbocycles. The van der Waals surface area contributed by atoms with Crippen molar-refractivity contribution in [1.29, 1.82) is 0 Å². The van der Waals surface area contributed by atoms with Crippen LogP contribution < -0.4 is 5.32 Å². The fourth-order valence-electron chi connectivity index (χ4n) is 2.03. The van der Waals surface area contributed by atoms with E-state index in [0.717, 1.165) is 12.8 Å². The number of nitrogens with one attached hydrogen (secondary N) is 1. The highest BCUT2D eigenvalue weighted by atomic mass is 16.3. The predicted octanol–water partition coefficient (Wildman–Crippen LogP) is 3.52. The van der Waals surface area contributed by atoms with Crippen molar-refractivity contribution in [2.75, 3.05) is 6.54 Å². The largest absolute Gasteiger partial charge is 0.392 e. The number of hydrogen-bond acceptors (Lipinski definition) is 2. The molecule has 0 fully saturated rings. The Morgan fingerprint density at radius 2 is 1.78 bits per heavy atom. The molecule has 0 aliphatic heterocycles. The Hall–Kier alpha value is -0.860. The van der Waals surface area contributed by atoms with Gasteiger partial charge >= 0.3 is 0 Å². The SMILES string of the molecule is CCC(O)CNC(CC(C)(C)C)c1ccccc1. The van der Waals surface area contributed by atoms with Gasteiger partial charge in [-0.25, -0.2) is 0 Å². The maximum absolute atomic E-state index is 9.69. The topological polar surface area (TPSA) is 32.3 Å². The molecule has 0 aliphatic rings. The molecule has 1 aromatic rings. The molecule has 18 heavy (non-hydrogen) atoms. The van der Waals surface area contributed by atoms with E-state index in [-0.39, 0.29) is 11.5 Å². The normalized spacial score (nSPS) is 15.4. The molecule has 0 heterocycles. The molecule has 0 spiro atoms. The maximum Gasteiger partial charge on any atom is 0.0662 e. The third-order valence-electron chi connectivity index (χ3n) is 3.09. The van der Waals surface area contributed by atoms with Crippen LogP contribution in [0.1, 0.15) is 52.1 Å². The summed E-state index contributed by atoms with van der Waals surface area (Å²) in [5.74, 6) is 0. The Labute approximate surface area is 111 Å². The molecule has 2 heteroatoms. The zero-order chi connectivity index (χ0) is 13.6. The van der Waals surface area contributed by atoms with Gasteiger partial charge in [0.1, 0.15) is 0 Å². The lowest BCUT2D eigenvalue weighted by Gasteiger charge is -2.28. The van der Waals surface area contributed by atoms with Gasteiger partial charge in [0.05, 0.1) is 6.10 Å². The van der Waals surface area contributed by atoms with E-state index in [1.807, 2.05) is 13.0 Å². The van der Waals surface area contributed by atoms with Crippen LogP contribution in [0.3, 0.4) is 0 Å². The van der Waals surface area contributed by atoms with Crippen LogP contribution in [-0.2, 0) is 0 Å². The number of rotatable bonds is 6. The third kappa shape index (κ3) is 5.65. The van der Waals surface area contributed by atoms with E-state index in [9.17, 15) is 5.11 Å². The summed E-state index contributed by atoms with van der Waals surface area (Å²) in [5.41, 5.74) is 1.57. The van der Waals surface area contributed by atoms with Gasteiger partial charge in [0, 0.05) is 12.6 Å². The quantitative estimate of drug-likeness (QED) is 0.808. The first-order valence-corrected chi connectivity index (χ1v) is 6.89. The summed E-state index contributed by atoms with van der Waals surface area (Å²) < 4.78 is 0. The van der Waals surface area contributed by atoms with Crippen molar-refractivity contribution in [3.8, 4) is 0 Å². The van der Waals surface area contributed by atoms with Gasteiger partial charge in [-0.2, -0.15) is 0 Å². The van der Waals surface area contributed by atoms with E-state index in [1.165, 1.54) is 5.56 Å². The summed E-state index contributed by atoms with van der Waals surface area (Å²) in [6, 6.07) is 10.8. The van der Waals surface area contributed by atoms with Gasteiger partial charge in [0.2, 0.25) is 0 Å². The Bertz CT molecular complexity index is 329. The Morgan fingerprint density at radius 1 is 1.17 bits per heavy atom. The molecule has 0 aliphatic carbocycles. The molecular weight excluding hydrogens is 222 g/mol. The molecule has 102 valence electrons. The van der Waals surface area contributed by atoms with Crippen LogP contribution in [-0.4, -0.2) is 17.8 Å². The van der Waals surface area contributed by atoms with Gasteiger partial charge in [-0.1, -0.05) is 58.0 Å². The molecule has 2 N–H and O–H groups in total. The molecular formula is C16H27NO. The minimum absolute atomic E-state index is 0.254. The molecule has 1 rings (SSSR count). The van der Waals surface area contributed by atoms with E-state index >= 15 is 0 Å². The van der Waals surface area contributed by atoms with Gasteiger partial charge in [-0.05, 0) is 23.8 Å². The summed E-state index contributed by atoms with van der Waals surface area (Å²) >= 11 is 0. The molecule has 2 atom stereocenters. The maximum atomic E-state index is 9.69. The highest BCUT2D eigenvalue weighted by Gasteiger charge is 2.20.